The lowest BCUT2D eigenvalue weighted by atomic mass is 10.2. The van der Waals surface area contributed by atoms with Gasteiger partial charge < -0.3 is 10.1 Å². The van der Waals surface area contributed by atoms with Crippen LogP contribution < -0.4 is 10.1 Å². The van der Waals surface area contributed by atoms with Crippen molar-refractivity contribution in [1.29, 1.82) is 0 Å². The Kier molecular flexibility index (Phi) is 4.11. The number of nitrogens with zero attached hydrogens (tertiary/aromatic N) is 1. The molecule has 1 aromatic heterocycles. The van der Waals surface area contributed by atoms with Crippen LogP contribution in [0.3, 0.4) is 0 Å². The zero-order chi connectivity index (χ0) is 11.9. The van der Waals surface area contributed by atoms with E-state index in [4.69, 9.17) is 4.74 Å². The topological polar surface area (TPSA) is 34.1 Å². The van der Waals surface area contributed by atoms with Crippen LogP contribution in [0.1, 0.15) is 12.5 Å². The molecule has 0 saturated heterocycles. The molecule has 0 atom stereocenters. The molecule has 1 N–H and O–H groups in total. The molecule has 0 fully saturated rings. The minimum Gasteiger partial charge on any atom is -0.455 e. The third-order valence-electron chi connectivity index (χ3n) is 2.40. The second-order valence-electron chi connectivity index (χ2n) is 3.68. The number of para-hydroxylation sites is 1. The highest BCUT2D eigenvalue weighted by atomic mass is 16.5. The zero-order valence-electron chi connectivity index (χ0n) is 9.89. The molecule has 0 aliphatic rings. The van der Waals surface area contributed by atoms with Crippen molar-refractivity contribution in [3.05, 3.63) is 54.4 Å². The van der Waals surface area contributed by atoms with E-state index in [0.29, 0.717) is 0 Å². The van der Waals surface area contributed by atoms with Gasteiger partial charge in [0.15, 0.2) is 0 Å². The molecular formula is C14H16N2O. The number of aromatic nitrogens is 1. The van der Waals surface area contributed by atoms with Gasteiger partial charge >= 0.3 is 0 Å². The lowest BCUT2D eigenvalue weighted by Crippen LogP contribution is -2.12. The van der Waals surface area contributed by atoms with Crippen LogP contribution in [-0.2, 0) is 6.54 Å². The van der Waals surface area contributed by atoms with Crippen LogP contribution in [0.4, 0.5) is 0 Å². The summed E-state index contributed by atoms with van der Waals surface area (Å²) in [5.74, 6) is 1.64. The Bertz CT molecular complexity index is 457. The van der Waals surface area contributed by atoms with Gasteiger partial charge in [-0.05, 0) is 24.7 Å². The average Bonchev–Trinajstić information content (AvgIpc) is 2.39. The van der Waals surface area contributed by atoms with E-state index >= 15 is 0 Å². The third-order valence-corrected chi connectivity index (χ3v) is 2.40. The molecule has 1 aromatic carbocycles. The first kappa shape index (κ1) is 11.6. The molecule has 0 bridgehead atoms. The molecule has 0 saturated carbocycles. The second-order valence-corrected chi connectivity index (χ2v) is 3.68. The van der Waals surface area contributed by atoms with E-state index < -0.39 is 0 Å². The first-order chi connectivity index (χ1) is 8.40. The molecule has 0 spiro atoms. The van der Waals surface area contributed by atoms with Crippen LogP contribution >= 0.6 is 0 Å². The van der Waals surface area contributed by atoms with Crippen LogP contribution in [0.15, 0.2) is 48.8 Å². The molecule has 2 aromatic rings. The van der Waals surface area contributed by atoms with Crippen LogP contribution in [0.25, 0.3) is 0 Å². The Labute approximate surface area is 101 Å². The number of ether oxygens (including phenoxy) is 1. The smallest absolute Gasteiger partial charge is 0.145 e. The highest BCUT2D eigenvalue weighted by molar-refractivity contribution is 5.36. The molecule has 0 amide bonds. The predicted molar refractivity (Wildman–Crippen MR) is 68.1 cm³/mol. The van der Waals surface area contributed by atoms with Crippen molar-refractivity contribution in [1.82, 2.24) is 10.3 Å². The molecule has 0 aliphatic carbocycles. The van der Waals surface area contributed by atoms with Crippen molar-refractivity contribution in [3.8, 4) is 11.5 Å². The highest BCUT2D eigenvalue weighted by Crippen LogP contribution is 2.24. The van der Waals surface area contributed by atoms with E-state index in [1.165, 1.54) is 0 Å². The largest absolute Gasteiger partial charge is 0.455 e. The van der Waals surface area contributed by atoms with E-state index in [-0.39, 0.29) is 0 Å². The summed E-state index contributed by atoms with van der Waals surface area (Å²) in [4.78, 5) is 4.03. The minimum absolute atomic E-state index is 0.761. The van der Waals surface area contributed by atoms with E-state index in [9.17, 15) is 0 Å². The number of rotatable bonds is 5. The normalized spacial score (nSPS) is 10.2. The Morgan fingerprint density at radius 2 is 2.06 bits per heavy atom. The van der Waals surface area contributed by atoms with Gasteiger partial charge in [-0.3, -0.25) is 4.98 Å². The maximum Gasteiger partial charge on any atom is 0.145 e. The summed E-state index contributed by atoms with van der Waals surface area (Å²) < 4.78 is 5.80. The van der Waals surface area contributed by atoms with Crippen molar-refractivity contribution < 1.29 is 4.74 Å². The number of hydrogen-bond donors (Lipinski definition) is 1. The van der Waals surface area contributed by atoms with Crippen molar-refractivity contribution in [3.63, 3.8) is 0 Å². The highest BCUT2D eigenvalue weighted by Gasteiger charge is 2.03. The SMILES string of the molecule is CCNCc1ccccc1Oc1cccnc1. The fourth-order valence-corrected chi connectivity index (χ4v) is 1.54. The van der Waals surface area contributed by atoms with Gasteiger partial charge in [0.2, 0.25) is 0 Å². The fourth-order valence-electron chi connectivity index (χ4n) is 1.54. The van der Waals surface area contributed by atoms with Gasteiger partial charge in [0, 0.05) is 18.3 Å². The van der Waals surface area contributed by atoms with Gasteiger partial charge in [-0.2, -0.15) is 0 Å². The lowest BCUT2D eigenvalue weighted by Gasteiger charge is -2.10. The van der Waals surface area contributed by atoms with Gasteiger partial charge in [0.05, 0.1) is 6.20 Å². The second kappa shape index (κ2) is 6.01. The van der Waals surface area contributed by atoms with Crippen molar-refractivity contribution in [2.45, 2.75) is 13.5 Å². The molecule has 88 valence electrons. The fraction of sp³-hybridized carbons (Fsp3) is 0.214. The molecule has 0 radical (unpaired) electrons. The van der Waals surface area contributed by atoms with Crippen molar-refractivity contribution >= 4 is 0 Å². The van der Waals surface area contributed by atoms with Gasteiger partial charge in [-0.25, -0.2) is 0 Å². The molecule has 17 heavy (non-hydrogen) atoms. The van der Waals surface area contributed by atoms with Crippen molar-refractivity contribution in [2.24, 2.45) is 0 Å². The van der Waals surface area contributed by atoms with Crippen LogP contribution in [0.2, 0.25) is 0 Å². The summed E-state index contributed by atoms with van der Waals surface area (Å²) in [7, 11) is 0. The molecule has 3 heteroatoms. The zero-order valence-corrected chi connectivity index (χ0v) is 9.89. The predicted octanol–water partition coefficient (Wildman–Crippen LogP) is 2.98. The van der Waals surface area contributed by atoms with Gasteiger partial charge in [0.1, 0.15) is 11.5 Å². The number of hydrogen-bond acceptors (Lipinski definition) is 3. The maximum atomic E-state index is 5.80. The molecule has 1 heterocycles. The Balaban J connectivity index is 2.15. The summed E-state index contributed by atoms with van der Waals surface area (Å²) in [5.41, 5.74) is 1.15. The van der Waals surface area contributed by atoms with E-state index in [1.54, 1.807) is 12.4 Å². The molecule has 3 nitrogen and oxygen atoms in total. The first-order valence-corrected chi connectivity index (χ1v) is 5.76. The molecular weight excluding hydrogens is 212 g/mol. The van der Waals surface area contributed by atoms with Crippen LogP contribution in [0.5, 0.6) is 11.5 Å². The van der Waals surface area contributed by atoms with E-state index in [0.717, 1.165) is 30.2 Å². The Hall–Kier alpha value is -1.87. The van der Waals surface area contributed by atoms with E-state index in [1.807, 2.05) is 30.3 Å². The van der Waals surface area contributed by atoms with Crippen molar-refractivity contribution in [2.75, 3.05) is 6.54 Å². The standard InChI is InChI=1S/C14H16N2O/c1-2-15-10-12-6-3-4-8-14(12)17-13-7-5-9-16-11-13/h3-9,11,15H,2,10H2,1H3. The first-order valence-electron chi connectivity index (χ1n) is 5.76. The summed E-state index contributed by atoms with van der Waals surface area (Å²) >= 11 is 0. The molecule has 0 unspecified atom stereocenters. The Morgan fingerprint density at radius 1 is 1.18 bits per heavy atom. The summed E-state index contributed by atoms with van der Waals surface area (Å²) in [6.07, 6.45) is 3.45. The summed E-state index contributed by atoms with van der Waals surface area (Å²) in [5, 5.41) is 3.30. The van der Waals surface area contributed by atoms with Gasteiger partial charge in [0.25, 0.3) is 0 Å². The quantitative estimate of drug-likeness (QED) is 0.854. The van der Waals surface area contributed by atoms with Crippen LogP contribution in [0, 0.1) is 0 Å². The number of benzene rings is 1. The van der Waals surface area contributed by atoms with E-state index in [2.05, 4.69) is 23.3 Å². The monoisotopic (exact) mass is 228 g/mol. The number of nitrogens with one attached hydrogen (secondary N) is 1. The molecule has 0 aliphatic heterocycles. The average molecular weight is 228 g/mol. The Morgan fingerprint density at radius 3 is 2.82 bits per heavy atom. The van der Waals surface area contributed by atoms with Gasteiger partial charge in [-0.1, -0.05) is 25.1 Å². The third kappa shape index (κ3) is 3.29. The maximum absolute atomic E-state index is 5.80. The summed E-state index contributed by atoms with van der Waals surface area (Å²) in [6, 6.07) is 11.8. The number of pyridine rings is 1. The van der Waals surface area contributed by atoms with Gasteiger partial charge in [-0.15, -0.1) is 0 Å². The lowest BCUT2D eigenvalue weighted by molar-refractivity contribution is 0.471. The summed E-state index contributed by atoms with van der Waals surface area (Å²) in [6.45, 7) is 3.85. The molecule has 2 rings (SSSR count). The minimum atomic E-state index is 0.761. The van der Waals surface area contributed by atoms with Crippen LogP contribution in [-0.4, -0.2) is 11.5 Å².